The number of nitrogens with one attached hydrogen (secondary N) is 2. The summed E-state index contributed by atoms with van der Waals surface area (Å²) >= 11 is 0. The first-order valence-electron chi connectivity index (χ1n) is 7.81. The molecule has 1 aromatic heterocycles. The van der Waals surface area contributed by atoms with Crippen LogP contribution in [0.3, 0.4) is 0 Å². The van der Waals surface area contributed by atoms with E-state index in [1.165, 1.54) is 13.2 Å². The summed E-state index contributed by atoms with van der Waals surface area (Å²) in [4.78, 5) is 33.7. The Hall–Kier alpha value is -3.68. The zero-order chi connectivity index (χ0) is 18.5. The highest BCUT2D eigenvalue weighted by Crippen LogP contribution is 2.22. The number of benzene rings is 2. The summed E-state index contributed by atoms with van der Waals surface area (Å²) in [6.45, 7) is 0. The van der Waals surface area contributed by atoms with Gasteiger partial charge in [-0.25, -0.2) is 4.98 Å². The molecule has 0 aliphatic carbocycles. The molecule has 0 aliphatic heterocycles. The smallest absolute Gasteiger partial charge is 0.311 e. The van der Waals surface area contributed by atoms with E-state index in [1.807, 2.05) is 42.5 Å². The second kappa shape index (κ2) is 7.47. The Labute approximate surface area is 148 Å². The van der Waals surface area contributed by atoms with Crippen molar-refractivity contribution < 1.29 is 9.53 Å². The first-order valence-corrected chi connectivity index (χ1v) is 7.81. The Morgan fingerprint density at radius 2 is 2.04 bits per heavy atom. The van der Waals surface area contributed by atoms with Crippen LogP contribution in [0.25, 0.3) is 10.8 Å². The van der Waals surface area contributed by atoms with Gasteiger partial charge >= 0.3 is 5.97 Å². The molecule has 0 amide bonds. The summed E-state index contributed by atoms with van der Waals surface area (Å²) in [5.41, 5.74) is 6.53. The summed E-state index contributed by atoms with van der Waals surface area (Å²) in [6.07, 6.45) is -0.125. The number of rotatable bonds is 4. The normalized spacial score (nSPS) is 11.3. The molecule has 8 heteroatoms. The van der Waals surface area contributed by atoms with Crippen LogP contribution < -0.4 is 16.6 Å². The lowest BCUT2D eigenvalue weighted by Crippen LogP contribution is -2.23. The summed E-state index contributed by atoms with van der Waals surface area (Å²) in [6, 6.07) is 14.8. The van der Waals surface area contributed by atoms with Crippen molar-refractivity contribution in [3.63, 3.8) is 0 Å². The van der Waals surface area contributed by atoms with Gasteiger partial charge in [0.2, 0.25) is 11.9 Å². The number of carbonyl (C=O) groups excluding carboxylic acids is 1. The van der Waals surface area contributed by atoms with Crippen molar-refractivity contribution in [1.29, 1.82) is 0 Å². The quantitative estimate of drug-likeness (QED) is 0.373. The van der Waals surface area contributed by atoms with Gasteiger partial charge < -0.3 is 15.8 Å². The standard InChI is InChI=1S/C18H17N5O3/c1-26-16(25)10-12-9-15(24)22-18(20-12)23-17(19)21-14-8-4-6-11-5-2-3-7-13(11)14/h2-9H,10H2,1H3,(H4,19,20,21,22,23,24). The van der Waals surface area contributed by atoms with Gasteiger partial charge in [-0.1, -0.05) is 36.4 Å². The van der Waals surface area contributed by atoms with E-state index in [9.17, 15) is 9.59 Å². The van der Waals surface area contributed by atoms with Crippen molar-refractivity contribution in [2.75, 3.05) is 12.4 Å². The van der Waals surface area contributed by atoms with Crippen LogP contribution in [0.5, 0.6) is 0 Å². The van der Waals surface area contributed by atoms with Crippen LogP contribution in [0.2, 0.25) is 0 Å². The number of hydrogen-bond donors (Lipinski definition) is 3. The number of methoxy groups -OCH3 is 1. The zero-order valence-corrected chi connectivity index (χ0v) is 14.0. The van der Waals surface area contributed by atoms with Crippen molar-refractivity contribution in [2.24, 2.45) is 10.7 Å². The van der Waals surface area contributed by atoms with Gasteiger partial charge in [0.05, 0.1) is 19.2 Å². The van der Waals surface area contributed by atoms with Gasteiger partial charge in [0, 0.05) is 17.1 Å². The average Bonchev–Trinajstić information content (AvgIpc) is 2.61. The number of anilines is 1. The zero-order valence-electron chi connectivity index (χ0n) is 14.0. The minimum Gasteiger partial charge on any atom is -0.469 e. The van der Waals surface area contributed by atoms with Gasteiger partial charge in [-0.3, -0.25) is 14.6 Å². The molecule has 1 heterocycles. The number of aromatic nitrogens is 2. The molecule has 0 saturated heterocycles. The second-order valence-corrected chi connectivity index (χ2v) is 5.46. The largest absolute Gasteiger partial charge is 0.469 e. The maximum absolute atomic E-state index is 11.7. The van der Waals surface area contributed by atoms with Crippen molar-refractivity contribution in [1.82, 2.24) is 9.97 Å². The van der Waals surface area contributed by atoms with Crippen LogP contribution in [0.4, 0.5) is 11.6 Å². The lowest BCUT2D eigenvalue weighted by Gasteiger charge is -2.09. The number of H-pyrrole nitrogens is 1. The number of aliphatic imine (C=N–C) groups is 1. The van der Waals surface area contributed by atoms with Gasteiger partial charge in [0.1, 0.15) is 0 Å². The van der Waals surface area contributed by atoms with E-state index in [0.29, 0.717) is 0 Å². The molecule has 0 aliphatic rings. The summed E-state index contributed by atoms with van der Waals surface area (Å²) in [7, 11) is 1.26. The first-order chi connectivity index (χ1) is 12.5. The van der Waals surface area contributed by atoms with Gasteiger partial charge in [0.25, 0.3) is 5.56 Å². The fourth-order valence-corrected chi connectivity index (χ4v) is 2.47. The van der Waals surface area contributed by atoms with E-state index in [1.54, 1.807) is 0 Å². The van der Waals surface area contributed by atoms with Crippen LogP contribution in [0.15, 0.2) is 58.3 Å². The third-order valence-electron chi connectivity index (χ3n) is 3.61. The second-order valence-electron chi connectivity index (χ2n) is 5.46. The number of nitrogens with two attached hydrogens (primary N) is 1. The predicted octanol–water partition coefficient (Wildman–Crippen LogP) is 1.70. The summed E-state index contributed by atoms with van der Waals surface area (Å²) < 4.78 is 4.57. The van der Waals surface area contributed by atoms with Gasteiger partial charge in [0.15, 0.2) is 0 Å². The lowest BCUT2D eigenvalue weighted by atomic mass is 10.1. The first kappa shape index (κ1) is 17.2. The Morgan fingerprint density at radius 1 is 1.27 bits per heavy atom. The number of guanidine groups is 1. The van der Waals surface area contributed by atoms with Crippen molar-refractivity contribution in [3.8, 4) is 0 Å². The van der Waals surface area contributed by atoms with Gasteiger partial charge in [-0.15, -0.1) is 0 Å². The SMILES string of the molecule is COC(=O)Cc1cc(=O)[nH]c(/N=C(\N)Nc2cccc3ccccc23)n1. The Bertz CT molecular complexity index is 1040. The van der Waals surface area contributed by atoms with Crippen molar-refractivity contribution in [3.05, 3.63) is 64.6 Å². The van der Waals surface area contributed by atoms with Crippen molar-refractivity contribution >= 4 is 34.3 Å². The van der Waals surface area contributed by atoms with E-state index in [2.05, 4.69) is 25.0 Å². The minimum absolute atomic E-state index is 0.00152. The molecule has 3 aromatic rings. The van der Waals surface area contributed by atoms with Crippen LogP contribution in [0, 0.1) is 0 Å². The summed E-state index contributed by atoms with van der Waals surface area (Å²) in [5.74, 6) is -0.443. The molecule has 0 fully saturated rings. The molecule has 8 nitrogen and oxygen atoms in total. The predicted molar refractivity (Wildman–Crippen MR) is 99.4 cm³/mol. The van der Waals surface area contributed by atoms with E-state index in [0.717, 1.165) is 16.5 Å². The minimum atomic E-state index is -0.500. The molecule has 0 unspecified atom stereocenters. The van der Waals surface area contributed by atoms with Crippen LogP contribution in [-0.4, -0.2) is 29.0 Å². The molecule has 0 radical (unpaired) electrons. The number of nitrogens with zero attached hydrogens (tertiary/aromatic N) is 2. The molecular weight excluding hydrogens is 334 g/mol. The van der Waals surface area contributed by atoms with E-state index in [-0.39, 0.29) is 24.0 Å². The number of aromatic amines is 1. The fraction of sp³-hybridized carbons (Fsp3) is 0.111. The third-order valence-corrected chi connectivity index (χ3v) is 3.61. The highest BCUT2D eigenvalue weighted by atomic mass is 16.5. The molecule has 26 heavy (non-hydrogen) atoms. The highest BCUT2D eigenvalue weighted by Gasteiger charge is 2.08. The van der Waals surface area contributed by atoms with Gasteiger partial charge in [-0.2, -0.15) is 4.99 Å². The topological polar surface area (TPSA) is 122 Å². The van der Waals surface area contributed by atoms with E-state index in [4.69, 9.17) is 5.73 Å². The number of ether oxygens (including phenoxy) is 1. The monoisotopic (exact) mass is 351 g/mol. The van der Waals surface area contributed by atoms with Crippen LogP contribution in [-0.2, 0) is 16.0 Å². The van der Waals surface area contributed by atoms with Crippen molar-refractivity contribution in [2.45, 2.75) is 6.42 Å². The Morgan fingerprint density at radius 3 is 2.85 bits per heavy atom. The number of fused-ring (bicyclic) bond motifs is 1. The third kappa shape index (κ3) is 4.04. The lowest BCUT2D eigenvalue weighted by molar-refractivity contribution is -0.139. The molecule has 0 spiro atoms. The molecule has 132 valence electrons. The maximum Gasteiger partial charge on any atom is 0.311 e. The molecule has 4 N–H and O–H groups in total. The number of esters is 1. The summed E-state index contributed by atoms with van der Waals surface area (Å²) in [5, 5.41) is 5.03. The Balaban J connectivity index is 1.87. The Kier molecular flexibility index (Phi) is 4.93. The molecule has 0 atom stereocenters. The average molecular weight is 351 g/mol. The maximum atomic E-state index is 11.7. The molecule has 0 saturated carbocycles. The number of hydrogen-bond acceptors (Lipinski definition) is 5. The van der Waals surface area contributed by atoms with E-state index >= 15 is 0 Å². The molecule has 3 rings (SSSR count). The van der Waals surface area contributed by atoms with Crippen LogP contribution >= 0.6 is 0 Å². The fourth-order valence-electron chi connectivity index (χ4n) is 2.47. The van der Waals surface area contributed by atoms with E-state index < -0.39 is 11.5 Å². The molecule has 2 aromatic carbocycles. The molecular formula is C18H17N5O3. The highest BCUT2D eigenvalue weighted by molar-refractivity contribution is 6.03. The number of carbonyl (C=O) groups is 1. The molecule has 0 bridgehead atoms. The van der Waals surface area contributed by atoms with Gasteiger partial charge in [-0.05, 0) is 11.5 Å². The van der Waals surface area contributed by atoms with Crippen LogP contribution in [0.1, 0.15) is 5.69 Å².